The van der Waals surface area contributed by atoms with E-state index in [2.05, 4.69) is 20.1 Å². The van der Waals surface area contributed by atoms with Gasteiger partial charge in [-0.25, -0.2) is 4.98 Å². The molecule has 0 spiro atoms. The number of nitrogens with zero attached hydrogens (tertiary/aromatic N) is 5. The number of likely N-dealkylation sites (tertiary alicyclic amines) is 1. The third kappa shape index (κ3) is 3.87. The second-order valence-corrected chi connectivity index (χ2v) is 7.19. The van der Waals surface area contributed by atoms with Gasteiger partial charge < -0.3 is 18.9 Å². The van der Waals surface area contributed by atoms with Crippen molar-refractivity contribution in [3.8, 4) is 34.5 Å². The van der Waals surface area contributed by atoms with Crippen molar-refractivity contribution in [3.63, 3.8) is 0 Å². The predicted octanol–water partition coefficient (Wildman–Crippen LogP) is 3.11. The lowest BCUT2D eigenvalue weighted by molar-refractivity contribution is 0.0179. The maximum Gasteiger partial charge on any atom is 0.262 e. The smallest absolute Gasteiger partial charge is 0.262 e. The van der Waals surface area contributed by atoms with Crippen molar-refractivity contribution < 1.29 is 18.8 Å². The molecule has 4 aromatic rings. The largest absolute Gasteiger partial charge is 0.497 e. The van der Waals surface area contributed by atoms with Crippen LogP contribution in [0.1, 0.15) is 10.4 Å². The van der Waals surface area contributed by atoms with Gasteiger partial charge in [-0.15, -0.1) is 0 Å². The molecule has 2 aromatic carbocycles. The van der Waals surface area contributed by atoms with Gasteiger partial charge in [0.1, 0.15) is 23.3 Å². The number of ether oxygens (including phenoxy) is 2. The lowest BCUT2D eigenvalue weighted by atomic mass is 10.1. The molecule has 3 heterocycles. The van der Waals surface area contributed by atoms with Gasteiger partial charge in [-0.3, -0.25) is 9.78 Å². The van der Waals surface area contributed by atoms with Crippen LogP contribution in [0.3, 0.4) is 0 Å². The van der Waals surface area contributed by atoms with Crippen LogP contribution in [0.4, 0.5) is 0 Å². The molecule has 0 aliphatic carbocycles. The quantitative estimate of drug-likeness (QED) is 0.461. The Labute approximate surface area is 183 Å². The summed E-state index contributed by atoms with van der Waals surface area (Å²) in [6.45, 7) is 0.970. The number of hydrogen-bond acceptors (Lipinski definition) is 8. The zero-order valence-electron chi connectivity index (χ0n) is 17.2. The number of amides is 1. The molecule has 9 heteroatoms. The molecule has 0 atom stereocenters. The van der Waals surface area contributed by atoms with E-state index >= 15 is 0 Å². The van der Waals surface area contributed by atoms with Gasteiger partial charge in [0.15, 0.2) is 0 Å². The summed E-state index contributed by atoms with van der Waals surface area (Å²) in [5.74, 6) is 1.88. The van der Waals surface area contributed by atoms with Crippen molar-refractivity contribution in [1.82, 2.24) is 25.0 Å². The summed E-state index contributed by atoms with van der Waals surface area (Å²) in [4.78, 5) is 27.1. The van der Waals surface area contributed by atoms with E-state index in [4.69, 9.17) is 14.0 Å². The maximum absolute atomic E-state index is 12.7. The van der Waals surface area contributed by atoms with Crippen LogP contribution in [0.25, 0.3) is 23.0 Å². The van der Waals surface area contributed by atoms with Crippen molar-refractivity contribution in [1.29, 1.82) is 0 Å². The van der Waals surface area contributed by atoms with E-state index in [-0.39, 0.29) is 12.0 Å². The Bertz CT molecular complexity index is 1240. The number of carbonyl (C=O) groups excluding carboxylic acids is 1. The van der Waals surface area contributed by atoms with Gasteiger partial charge in [0.05, 0.1) is 32.0 Å². The number of benzene rings is 2. The first-order valence-corrected chi connectivity index (χ1v) is 10.0. The number of methoxy groups -OCH3 is 1. The third-order valence-corrected chi connectivity index (χ3v) is 5.08. The Kier molecular flexibility index (Phi) is 5.20. The number of para-hydroxylation sites is 1. The molecule has 1 saturated heterocycles. The van der Waals surface area contributed by atoms with Crippen molar-refractivity contribution in [2.45, 2.75) is 6.10 Å². The number of carbonyl (C=O) groups is 1. The Balaban J connectivity index is 1.27. The second-order valence-electron chi connectivity index (χ2n) is 7.19. The van der Waals surface area contributed by atoms with E-state index in [1.54, 1.807) is 48.8 Å². The highest BCUT2D eigenvalue weighted by Crippen LogP contribution is 2.32. The first kappa shape index (κ1) is 19.7. The zero-order chi connectivity index (χ0) is 21.9. The van der Waals surface area contributed by atoms with Crippen LogP contribution in [-0.2, 0) is 0 Å². The van der Waals surface area contributed by atoms with Crippen LogP contribution in [-0.4, -0.2) is 57.2 Å². The standard InChI is InChI=1S/C23H19N5O4/c1-30-16-6-4-5-15(11-16)23(29)28-13-17(14-28)31-20-8-3-2-7-18(20)22-26-21(27-32-22)19-12-24-9-10-25-19/h2-12,17H,13-14H2,1H3. The van der Waals surface area contributed by atoms with Crippen LogP contribution >= 0.6 is 0 Å². The van der Waals surface area contributed by atoms with Gasteiger partial charge in [0.25, 0.3) is 11.8 Å². The predicted molar refractivity (Wildman–Crippen MR) is 114 cm³/mol. The summed E-state index contributed by atoms with van der Waals surface area (Å²) >= 11 is 0. The molecule has 2 aromatic heterocycles. The molecule has 32 heavy (non-hydrogen) atoms. The van der Waals surface area contributed by atoms with Crippen molar-refractivity contribution >= 4 is 5.91 Å². The van der Waals surface area contributed by atoms with E-state index in [1.807, 2.05) is 30.3 Å². The average molecular weight is 429 g/mol. The van der Waals surface area contributed by atoms with Crippen LogP contribution in [0.2, 0.25) is 0 Å². The van der Waals surface area contributed by atoms with E-state index in [0.29, 0.717) is 53.1 Å². The van der Waals surface area contributed by atoms with Crippen molar-refractivity contribution in [2.24, 2.45) is 0 Å². The lowest BCUT2D eigenvalue weighted by Crippen LogP contribution is -2.56. The molecule has 0 saturated carbocycles. The van der Waals surface area contributed by atoms with Gasteiger partial charge in [-0.2, -0.15) is 4.98 Å². The summed E-state index contributed by atoms with van der Waals surface area (Å²) < 4.78 is 16.8. The lowest BCUT2D eigenvalue weighted by Gasteiger charge is -2.39. The molecule has 5 rings (SSSR count). The summed E-state index contributed by atoms with van der Waals surface area (Å²) in [7, 11) is 1.58. The fourth-order valence-electron chi connectivity index (χ4n) is 3.39. The monoisotopic (exact) mass is 429 g/mol. The molecular formula is C23H19N5O4. The van der Waals surface area contributed by atoms with Gasteiger partial charge in [-0.05, 0) is 30.3 Å². The van der Waals surface area contributed by atoms with Crippen molar-refractivity contribution in [3.05, 3.63) is 72.7 Å². The highest BCUT2D eigenvalue weighted by atomic mass is 16.5. The molecule has 1 aliphatic rings. The maximum atomic E-state index is 12.7. The Morgan fingerprint density at radius 1 is 1.12 bits per heavy atom. The van der Waals surface area contributed by atoms with Gasteiger partial charge in [0.2, 0.25) is 5.82 Å². The molecule has 9 nitrogen and oxygen atoms in total. The number of aromatic nitrogens is 4. The second kappa shape index (κ2) is 8.46. The van der Waals surface area contributed by atoms with Crippen LogP contribution in [0.15, 0.2) is 71.6 Å². The Hall–Kier alpha value is -4.27. The third-order valence-electron chi connectivity index (χ3n) is 5.08. The van der Waals surface area contributed by atoms with Crippen molar-refractivity contribution in [2.75, 3.05) is 20.2 Å². The Morgan fingerprint density at radius 3 is 2.81 bits per heavy atom. The fourth-order valence-corrected chi connectivity index (χ4v) is 3.39. The molecule has 0 N–H and O–H groups in total. The molecule has 0 unspecified atom stereocenters. The molecular weight excluding hydrogens is 410 g/mol. The normalized spacial score (nSPS) is 13.5. The van der Waals surface area contributed by atoms with Gasteiger partial charge >= 0.3 is 0 Å². The summed E-state index contributed by atoms with van der Waals surface area (Å²) in [5.41, 5.74) is 1.78. The summed E-state index contributed by atoms with van der Waals surface area (Å²) in [5, 5.41) is 3.99. The molecule has 160 valence electrons. The van der Waals surface area contributed by atoms with E-state index in [9.17, 15) is 4.79 Å². The van der Waals surface area contributed by atoms with Gasteiger partial charge in [0, 0.05) is 18.0 Å². The molecule has 1 aliphatic heterocycles. The van der Waals surface area contributed by atoms with Gasteiger partial charge in [-0.1, -0.05) is 23.4 Å². The van der Waals surface area contributed by atoms with E-state index in [1.165, 1.54) is 0 Å². The molecule has 1 fully saturated rings. The van der Waals surface area contributed by atoms with Crippen LogP contribution < -0.4 is 9.47 Å². The Morgan fingerprint density at radius 2 is 2.00 bits per heavy atom. The minimum atomic E-state index is -0.131. The summed E-state index contributed by atoms with van der Waals surface area (Å²) in [6.07, 6.45) is 4.58. The summed E-state index contributed by atoms with van der Waals surface area (Å²) in [6, 6.07) is 14.5. The first-order valence-electron chi connectivity index (χ1n) is 10.0. The highest BCUT2D eigenvalue weighted by Gasteiger charge is 2.33. The minimum Gasteiger partial charge on any atom is -0.497 e. The SMILES string of the molecule is COc1cccc(C(=O)N2CC(Oc3ccccc3-c3nc(-c4cnccn4)no3)C2)c1. The minimum absolute atomic E-state index is 0.0532. The number of rotatable bonds is 6. The number of hydrogen-bond donors (Lipinski definition) is 0. The average Bonchev–Trinajstić information content (AvgIpc) is 3.32. The van der Waals surface area contributed by atoms with Crippen LogP contribution in [0.5, 0.6) is 11.5 Å². The van der Waals surface area contributed by atoms with Crippen LogP contribution in [0, 0.1) is 0 Å². The van der Waals surface area contributed by atoms with E-state index < -0.39 is 0 Å². The first-order chi connectivity index (χ1) is 15.7. The highest BCUT2D eigenvalue weighted by molar-refractivity contribution is 5.95. The fraction of sp³-hybridized carbons (Fsp3) is 0.174. The molecule has 0 bridgehead atoms. The zero-order valence-corrected chi connectivity index (χ0v) is 17.2. The molecule has 1 amide bonds. The molecule has 0 radical (unpaired) electrons. The topological polar surface area (TPSA) is 103 Å². The van der Waals surface area contributed by atoms with E-state index in [0.717, 1.165) is 0 Å².